The molecule has 0 spiro atoms. The summed E-state index contributed by atoms with van der Waals surface area (Å²) in [6, 6.07) is 12.2. The highest BCUT2D eigenvalue weighted by molar-refractivity contribution is 5.91. The van der Waals surface area contributed by atoms with Crippen LogP contribution in [0.4, 0.5) is 0 Å². The molecule has 2 aromatic carbocycles. The van der Waals surface area contributed by atoms with Crippen LogP contribution >= 0.6 is 0 Å². The fourth-order valence-corrected chi connectivity index (χ4v) is 4.33. The summed E-state index contributed by atoms with van der Waals surface area (Å²) in [5.41, 5.74) is 6.46. The molecule has 32 heavy (non-hydrogen) atoms. The van der Waals surface area contributed by atoms with Crippen LogP contribution in [0.25, 0.3) is 11.1 Å². The minimum atomic E-state index is 0.355. The van der Waals surface area contributed by atoms with Gasteiger partial charge >= 0.3 is 0 Å². The Hall–Kier alpha value is -2.30. The molecule has 0 fully saturated rings. The van der Waals surface area contributed by atoms with Gasteiger partial charge < -0.3 is 10.2 Å². The van der Waals surface area contributed by atoms with Crippen LogP contribution in [0.2, 0.25) is 0 Å². The van der Waals surface area contributed by atoms with Crippen molar-refractivity contribution in [3.63, 3.8) is 0 Å². The van der Waals surface area contributed by atoms with Crippen LogP contribution < -0.4 is 0 Å². The molecule has 0 saturated carbocycles. The van der Waals surface area contributed by atoms with Crippen LogP contribution in [0.15, 0.2) is 36.4 Å². The zero-order chi connectivity index (χ0) is 23.7. The zero-order valence-electron chi connectivity index (χ0n) is 20.9. The van der Waals surface area contributed by atoms with Gasteiger partial charge in [0.05, 0.1) is 0 Å². The quantitative estimate of drug-likeness (QED) is 0.371. The maximum atomic E-state index is 10.7. The molecule has 0 heterocycles. The summed E-state index contributed by atoms with van der Waals surface area (Å²) in [6.45, 7) is 18.2. The van der Waals surface area contributed by atoms with Gasteiger partial charge in [-0.05, 0) is 73.4 Å². The Balaban J connectivity index is 2.41. The van der Waals surface area contributed by atoms with E-state index in [4.69, 9.17) is 0 Å². The van der Waals surface area contributed by atoms with E-state index in [-0.39, 0.29) is 0 Å². The van der Waals surface area contributed by atoms with Gasteiger partial charge in [0.15, 0.2) is 0 Å². The number of allylic oxidation sites excluding steroid dienone is 2. The van der Waals surface area contributed by atoms with Crippen molar-refractivity contribution >= 4 is 11.1 Å². The van der Waals surface area contributed by atoms with Crippen LogP contribution in [0, 0.1) is 0 Å². The second-order valence-electron chi connectivity index (χ2n) is 8.27. The van der Waals surface area contributed by atoms with Crippen molar-refractivity contribution in [1.29, 1.82) is 0 Å². The lowest BCUT2D eigenvalue weighted by atomic mass is 9.90. The van der Waals surface area contributed by atoms with Crippen molar-refractivity contribution in [3.8, 4) is 11.5 Å². The van der Waals surface area contributed by atoms with Gasteiger partial charge in [-0.25, -0.2) is 0 Å². The monoisotopic (exact) mass is 438 g/mol. The first kappa shape index (κ1) is 26.0. The highest BCUT2D eigenvalue weighted by atomic mass is 16.3. The van der Waals surface area contributed by atoms with E-state index in [1.54, 1.807) is 0 Å². The lowest BCUT2D eigenvalue weighted by molar-refractivity contribution is 0.291. The van der Waals surface area contributed by atoms with Gasteiger partial charge in [-0.3, -0.25) is 9.80 Å². The van der Waals surface area contributed by atoms with Gasteiger partial charge in [-0.2, -0.15) is 0 Å². The molecule has 0 radical (unpaired) electrons. The Labute approximate surface area is 195 Å². The van der Waals surface area contributed by atoms with E-state index in [0.29, 0.717) is 11.5 Å². The first-order valence-corrected chi connectivity index (χ1v) is 12.2. The molecule has 0 unspecified atom stereocenters. The molecule has 0 saturated heterocycles. The number of phenolic OH excluding ortho intramolecular Hbond substituents is 2. The first-order valence-electron chi connectivity index (χ1n) is 12.2. The van der Waals surface area contributed by atoms with Gasteiger partial charge in [-0.1, -0.05) is 65.8 Å². The standard InChI is InChI=1S/C28H42N2O2/c1-7-25(21-13-15-23(27(31)17-21)19-29(9-3)10-4)26(8-2)22-14-16-24(28(32)18-22)20-30(11-5)12-6/h13-18,31-32H,7-12,19-20H2,1-6H3. The summed E-state index contributed by atoms with van der Waals surface area (Å²) in [6.07, 6.45) is 1.72. The molecule has 2 N–H and O–H groups in total. The zero-order valence-corrected chi connectivity index (χ0v) is 20.9. The molecule has 0 aliphatic heterocycles. The summed E-state index contributed by atoms with van der Waals surface area (Å²) in [4.78, 5) is 4.59. The molecular formula is C28H42N2O2. The fraction of sp³-hybridized carbons (Fsp3) is 0.500. The summed E-state index contributed by atoms with van der Waals surface area (Å²) < 4.78 is 0. The van der Waals surface area contributed by atoms with Gasteiger partial charge in [0.2, 0.25) is 0 Å². The molecule has 176 valence electrons. The van der Waals surface area contributed by atoms with Crippen LogP contribution in [0.1, 0.15) is 76.6 Å². The van der Waals surface area contributed by atoms with Gasteiger partial charge in [0.1, 0.15) is 11.5 Å². The van der Waals surface area contributed by atoms with E-state index in [2.05, 4.69) is 75.6 Å². The predicted molar refractivity (Wildman–Crippen MR) is 137 cm³/mol. The number of benzene rings is 2. The number of aromatic hydroxyl groups is 2. The number of rotatable bonds is 12. The third-order valence-electron chi connectivity index (χ3n) is 6.52. The van der Waals surface area contributed by atoms with Crippen LogP contribution in [0.3, 0.4) is 0 Å². The average molecular weight is 439 g/mol. The van der Waals surface area contributed by atoms with E-state index < -0.39 is 0 Å². The number of hydrogen-bond donors (Lipinski definition) is 2. The summed E-state index contributed by atoms with van der Waals surface area (Å²) >= 11 is 0. The third-order valence-corrected chi connectivity index (χ3v) is 6.52. The molecule has 0 amide bonds. The fourth-order valence-electron chi connectivity index (χ4n) is 4.33. The molecule has 0 atom stereocenters. The topological polar surface area (TPSA) is 46.9 Å². The van der Waals surface area contributed by atoms with Crippen molar-refractivity contribution < 1.29 is 10.2 Å². The Morgan fingerprint density at radius 2 is 0.938 bits per heavy atom. The van der Waals surface area contributed by atoms with Gasteiger partial charge in [0, 0.05) is 24.2 Å². The van der Waals surface area contributed by atoms with E-state index in [0.717, 1.165) is 74.4 Å². The van der Waals surface area contributed by atoms with Crippen molar-refractivity contribution in [1.82, 2.24) is 9.80 Å². The molecule has 0 aromatic heterocycles. The molecule has 2 aromatic rings. The molecule has 0 aliphatic carbocycles. The SMILES string of the molecule is CCC(=C(CC)c1ccc(CN(CC)CC)c(O)c1)c1ccc(CN(CC)CC)c(O)c1. The minimum absolute atomic E-state index is 0.355. The minimum Gasteiger partial charge on any atom is -0.508 e. The number of phenols is 2. The van der Waals surface area contributed by atoms with E-state index in [9.17, 15) is 10.2 Å². The normalized spacial score (nSPS) is 12.5. The van der Waals surface area contributed by atoms with E-state index in [1.807, 2.05) is 12.1 Å². The van der Waals surface area contributed by atoms with Gasteiger partial charge in [0.25, 0.3) is 0 Å². The average Bonchev–Trinajstić information content (AvgIpc) is 2.81. The van der Waals surface area contributed by atoms with Gasteiger partial charge in [-0.15, -0.1) is 0 Å². The Morgan fingerprint density at radius 1 is 0.594 bits per heavy atom. The van der Waals surface area contributed by atoms with Crippen molar-refractivity contribution in [2.45, 2.75) is 67.5 Å². The predicted octanol–water partition coefficient (Wildman–Crippen LogP) is 6.51. The lowest BCUT2D eigenvalue weighted by Gasteiger charge is -2.21. The second-order valence-corrected chi connectivity index (χ2v) is 8.27. The highest BCUT2D eigenvalue weighted by Crippen LogP contribution is 2.35. The van der Waals surface area contributed by atoms with E-state index in [1.165, 1.54) is 11.1 Å². The molecule has 4 heteroatoms. The van der Waals surface area contributed by atoms with E-state index >= 15 is 0 Å². The van der Waals surface area contributed by atoms with Crippen LogP contribution in [-0.4, -0.2) is 46.2 Å². The largest absolute Gasteiger partial charge is 0.508 e. The summed E-state index contributed by atoms with van der Waals surface area (Å²) in [7, 11) is 0. The highest BCUT2D eigenvalue weighted by Gasteiger charge is 2.14. The molecule has 4 nitrogen and oxygen atoms in total. The Kier molecular flexibility index (Phi) is 10.3. The Morgan fingerprint density at radius 3 is 1.19 bits per heavy atom. The number of hydrogen-bond acceptors (Lipinski definition) is 4. The molecule has 0 aliphatic rings. The third kappa shape index (κ3) is 6.36. The first-order chi connectivity index (χ1) is 15.4. The molecular weight excluding hydrogens is 396 g/mol. The second kappa shape index (κ2) is 12.7. The summed E-state index contributed by atoms with van der Waals surface area (Å²) in [5.74, 6) is 0.710. The maximum absolute atomic E-state index is 10.7. The maximum Gasteiger partial charge on any atom is 0.120 e. The molecule has 0 bridgehead atoms. The molecule has 2 rings (SSSR count). The van der Waals surface area contributed by atoms with Crippen LogP contribution in [-0.2, 0) is 13.1 Å². The van der Waals surface area contributed by atoms with Crippen LogP contribution in [0.5, 0.6) is 11.5 Å². The van der Waals surface area contributed by atoms with Crippen molar-refractivity contribution in [3.05, 3.63) is 58.7 Å². The van der Waals surface area contributed by atoms with Crippen molar-refractivity contribution in [2.24, 2.45) is 0 Å². The lowest BCUT2D eigenvalue weighted by Crippen LogP contribution is -2.22. The summed E-state index contributed by atoms with van der Waals surface area (Å²) in [5, 5.41) is 21.4. The smallest absolute Gasteiger partial charge is 0.120 e. The number of nitrogens with zero attached hydrogens (tertiary/aromatic N) is 2. The Bertz CT molecular complexity index is 823. The van der Waals surface area contributed by atoms with Crippen molar-refractivity contribution in [2.75, 3.05) is 26.2 Å².